The van der Waals surface area contributed by atoms with Gasteiger partial charge in [-0.3, -0.25) is 18.6 Å². The number of phosphoric acid groups is 1. The van der Waals surface area contributed by atoms with Crippen molar-refractivity contribution in [1.82, 2.24) is 0 Å². The number of rotatable bonds is 41. The van der Waals surface area contributed by atoms with E-state index in [4.69, 9.17) is 23.6 Å². The number of hydrogen-bond acceptors (Lipinski definition) is 12. The number of aliphatic hydroxyl groups is 5. The Bertz CT molecular complexity index is 940. The van der Waals surface area contributed by atoms with Crippen molar-refractivity contribution in [1.29, 1.82) is 0 Å². The van der Waals surface area contributed by atoms with Crippen LogP contribution in [-0.2, 0) is 32.7 Å². The van der Waals surface area contributed by atoms with Crippen LogP contribution in [0.15, 0.2) is 0 Å². The standard InChI is InChI=1S/C41H81O13P/c1-3-5-7-9-11-13-15-17-19-21-23-25-27-29-38(45)51-32-35(33-52-55(49,50)53-34-37(44)41(48)40(47)36(43)31-42)54-39(46)30-28-26-24-22-20-18-16-14-12-10-8-6-4-2/h35-37,40-44,47-48H,3-34H2,1-2H3,(H,49,50)/t35-,36-,37-,40-,41-/m1/s1. The minimum absolute atomic E-state index is 0.126. The minimum atomic E-state index is -4.88. The molecule has 0 rings (SSSR count). The summed E-state index contributed by atoms with van der Waals surface area (Å²) in [6.45, 7) is 1.54. The lowest BCUT2D eigenvalue weighted by Crippen LogP contribution is -2.47. The molecule has 0 fully saturated rings. The fourth-order valence-electron chi connectivity index (χ4n) is 6.24. The second-order valence-corrected chi connectivity index (χ2v) is 16.6. The lowest BCUT2D eigenvalue weighted by atomic mass is 10.0. The molecule has 13 nitrogen and oxygen atoms in total. The van der Waals surface area contributed by atoms with Crippen molar-refractivity contribution >= 4 is 19.8 Å². The Kier molecular flexibility index (Phi) is 36.4. The molecule has 14 heteroatoms. The predicted molar refractivity (Wildman–Crippen MR) is 214 cm³/mol. The zero-order chi connectivity index (χ0) is 41.0. The van der Waals surface area contributed by atoms with Gasteiger partial charge in [-0.25, -0.2) is 4.57 Å². The number of carbonyl (C=O) groups is 2. The van der Waals surface area contributed by atoms with E-state index in [0.29, 0.717) is 12.8 Å². The Hall–Kier alpha value is -1.15. The Balaban J connectivity index is 4.64. The molecule has 0 aliphatic heterocycles. The molecule has 0 aromatic heterocycles. The van der Waals surface area contributed by atoms with Gasteiger partial charge in [-0.15, -0.1) is 0 Å². The molecule has 1 unspecified atom stereocenters. The molecule has 0 aromatic rings. The molecule has 0 aromatic carbocycles. The number of unbranched alkanes of at least 4 members (excludes halogenated alkanes) is 24. The largest absolute Gasteiger partial charge is 0.472 e. The Morgan fingerprint density at radius 2 is 0.836 bits per heavy atom. The summed E-state index contributed by atoms with van der Waals surface area (Å²) in [6.07, 6.45) is 21.9. The lowest BCUT2D eigenvalue weighted by molar-refractivity contribution is -0.161. The van der Waals surface area contributed by atoms with Crippen molar-refractivity contribution in [2.24, 2.45) is 0 Å². The quantitative estimate of drug-likeness (QED) is 0.0197. The average Bonchev–Trinajstić information content (AvgIpc) is 3.17. The van der Waals surface area contributed by atoms with E-state index in [2.05, 4.69) is 13.8 Å². The normalized spacial score (nSPS) is 15.6. The first-order chi connectivity index (χ1) is 26.5. The van der Waals surface area contributed by atoms with E-state index < -0.39 is 76.7 Å². The Labute approximate surface area is 332 Å². The summed E-state index contributed by atoms with van der Waals surface area (Å²) in [4.78, 5) is 35.3. The number of ether oxygens (including phenoxy) is 2. The third-order valence-electron chi connectivity index (χ3n) is 9.85. The molecule has 0 aliphatic rings. The van der Waals surface area contributed by atoms with E-state index in [1.165, 1.54) is 116 Å². The summed E-state index contributed by atoms with van der Waals surface area (Å²) < 4.78 is 33.0. The van der Waals surface area contributed by atoms with Gasteiger partial charge in [0.05, 0.1) is 19.8 Å². The highest BCUT2D eigenvalue weighted by atomic mass is 31.2. The Morgan fingerprint density at radius 3 is 1.24 bits per heavy atom. The number of esters is 2. The van der Waals surface area contributed by atoms with E-state index >= 15 is 0 Å². The molecule has 6 N–H and O–H groups in total. The molecule has 0 saturated heterocycles. The van der Waals surface area contributed by atoms with Crippen LogP contribution in [0, 0.1) is 0 Å². The summed E-state index contributed by atoms with van der Waals surface area (Å²) in [7, 11) is -4.88. The third kappa shape index (κ3) is 33.5. The van der Waals surface area contributed by atoms with Crippen LogP contribution < -0.4 is 0 Å². The van der Waals surface area contributed by atoms with Gasteiger partial charge < -0.3 is 39.9 Å². The van der Waals surface area contributed by atoms with Crippen LogP contribution >= 0.6 is 7.82 Å². The van der Waals surface area contributed by atoms with Crippen LogP contribution in [0.25, 0.3) is 0 Å². The van der Waals surface area contributed by atoms with Gasteiger partial charge >= 0.3 is 19.8 Å². The summed E-state index contributed by atoms with van der Waals surface area (Å²) in [6, 6.07) is 0. The third-order valence-corrected chi connectivity index (χ3v) is 10.8. The van der Waals surface area contributed by atoms with Gasteiger partial charge in [0, 0.05) is 12.8 Å². The number of aliphatic hydroxyl groups excluding tert-OH is 5. The summed E-state index contributed by atoms with van der Waals surface area (Å²) in [5.41, 5.74) is 0. The second-order valence-electron chi connectivity index (χ2n) is 15.1. The molecule has 328 valence electrons. The van der Waals surface area contributed by atoms with E-state index in [-0.39, 0.29) is 12.8 Å². The van der Waals surface area contributed by atoms with Gasteiger partial charge in [0.25, 0.3) is 0 Å². The van der Waals surface area contributed by atoms with Crippen molar-refractivity contribution in [2.75, 3.05) is 26.4 Å². The summed E-state index contributed by atoms with van der Waals surface area (Å²) in [5.74, 6) is -1.04. The first kappa shape index (κ1) is 53.9. The van der Waals surface area contributed by atoms with Gasteiger partial charge in [-0.1, -0.05) is 168 Å². The van der Waals surface area contributed by atoms with Gasteiger partial charge in [0.2, 0.25) is 0 Å². The molecule has 6 atom stereocenters. The lowest BCUT2D eigenvalue weighted by Gasteiger charge is -2.26. The van der Waals surface area contributed by atoms with Gasteiger partial charge in [-0.2, -0.15) is 0 Å². The van der Waals surface area contributed by atoms with Crippen molar-refractivity contribution < 1.29 is 63.1 Å². The molecule has 0 spiro atoms. The first-order valence-electron chi connectivity index (χ1n) is 21.8. The fraction of sp³-hybridized carbons (Fsp3) is 0.951. The minimum Gasteiger partial charge on any atom is -0.462 e. The van der Waals surface area contributed by atoms with E-state index in [1.807, 2.05) is 0 Å². The zero-order valence-corrected chi connectivity index (χ0v) is 35.4. The van der Waals surface area contributed by atoms with Gasteiger partial charge in [0.15, 0.2) is 6.10 Å². The average molecular weight is 813 g/mol. The molecular weight excluding hydrogens is 731 g/mol. The molecule has 0 radical (unpaired) electrons. The highest BCUT2D eigenvalue weighted by molar-refractivity contribution is 7.47. The maximum absolute atomic E-state index is 12.7. The second kappa shape index (κ2) is 37.1. The van der Waals surface area contributed by atoms with Crippen molar-refractivity contribution in [3.05, 3.63) is 0 Å². The van der Waals surface area contributed by atoms with Crippen molar-refractivity contribution in [2.45, 2.75) is 224 Å². The molecule has 0 bridgehead atoms. The SMILES string of the molecule is CCCCCCCCCCCCCCCC(=O)OC[C@H](COP(=O)(O)OC[C@@H](O)[C@@H](O)[C@H](O)[C@H](O)CO)OC(=O)CCCCCCCCCCCCCCC. The Morgan fingerprint density at radius 1 is 0.491 bits per heavy atom. The smallest absolute Gasteiger partial charge is 0.462 e. The summed E-state index contributed by atoms with van der Waals surface area (Å²) >= 11 is 0. The summed E-state index contributed by atoms with van der Waals surface area (Å²) in [5, 5.41) is 48.0. The first-order valence-corrected chi connectivity index (χ1v) is 23.3. The van der Waals surface area contributed by atoms with Crippen LogP contribution in [0.2, 0.25) is 0 Å². The molecule has 0 saturated carbocycles. The van der Waals surface area contributed by atoms with Crippen molar-refractivity contribution in [3.63, 3.8) is 0 Å². The number of phosphoric ester groups is 1. The molecule has 0 amide bonds. The van der Waals surface area contributed by atoms with Gasteiger partial charge in [-0.05, 0) is 12.8 Å². The van der Waals surface area contributed by atoms with Crippen LogP contribution in [-0.4, -0.2) is 99.3 Å². The van der Waals surface area contributed by atoms with E-state index in [9.17, 15) is 39.5 Å². The van der Waals surface area contributed by atoms with Crippen LogP contribution in [0.3, 0.4) is 0 Å². The maximum Gasteiger partial charge on any atom is 0.472 e. The highest BCUT2D eigenvalue weighted by Gasteiger charge is 2.33. The molecule has 0 aliphatic carbocycles. The highest BCUT2D eigenvalue weighted by Crippen LogP contribution is 2.43. The molecule has 0 heterocycles. The van der Waals surface area contributed by atoms with Crippen LogP contribution in [0.1, 0.15) is 194 Å². The zero-order valence-electron chi connectivity index (χ0n) is 34.5. The number of hydrogen-bond donors (Lipinski definition) is 6. The monoisotopic (exact) mass is 813 g/mol. The fourth-order valence-corrected chi connectivity index (χ4v) is 7.01. The van der Waals surface area contributed by atoms with Crippen molar-refractivity contribution in [3.8, 4) is 0 Å². The number of carbonyl (C=O) groups excluding carboxylic acids is 2. The topological polar surface area (TPSA) is 210 Å². The van der Waals surface area contributed by atoms with Crippen LogP contribution in [0.5, 0.6) is 0 Å². The van der Waals surface area contributed by atoms with Crippen LogP contribution in [0.4, 0.5) is 0 Å². The molecule has 55 heavy (non-hydrogen) atoms. The predicted octanol–water partition coefficient (Wildman–Crippen LogP) is 7.97. The van der Waals surface area contributed by atoms with E-state index in [0.717, 1.165) is 38.5 Å². The molecular formula is C41H81O13P. The van der Waals surface area contributed by atoms with E-state index in [1.54, 1.807) is 0 Å². The maximum atomic E-state index is 12.7. The van der Waals surface area contributed by atoms with Gasteiger partial charge in [0.1, 0.15) is 31.0 Å².